The Balaban J connectivity index is 1.96. The number of nitrogens with zero attached hydrogens (tertiary/aromatic N) is 2. The summed E-state index contributed by atoms with van der Waals surface area (Å²) in [5.74, 6) is -0.936. The lowest BCUT2D eigenvalue weighted by Crippen LogP contribution is -2.42. The predicted octanol–water partition coefficient (Wildman–Crippen LogP) is 2.29. The van der Waals surface area contributed by atoms with Gasteiger partial charge in [-0.15, -0.1) is 0 Å². The second-order valence-electron chi connectivity index (χ2n) is 6.30. The number of methoxy groups -OCH3 is 1. The lowest BCUT2D eigenvalue weighted by Gasteiger charge is -2.12. The molecular weight excluding hydrogens is 388 g/mol. The number of hydrogen-bond acceptors (Lipinski definition) is 6. The maximum absolute atomic E-state index is 12.8. The van der Waals surface area contributed by atoms with Gasteiger partial charge in [-0.05, 0) is 43.3 Å². The molecule has 1 heterocycles. The second kappa shape index (κ2) is 8.91. The van der Waals surface area contributed by atoms with Crippen LogP contribution in [0.1, 0.15) is 17.3 Å². The first-order valence-electron chi connectivity index (χ1n) is 9.00. The number of nitrogens with two attached hydrogens (primary N) is 1. The Labute approximate surface area is 172 Å². The van der Waals surface area contributed by atoms with Crippen LogP contribution in [0.2, 0.25) is 0 Å². The Kier molecular flexibility index (Phi) is 6.11. The standard InChI is InChI=1S/C21H20N4O5/c1-13(19(26)23-21(22)28)30-20(27)17-12-25(15-6-4-3-5-7-15)24-18(17)14-8-10-16(29-2)11-9-14/h3-13H,1-2H3,(H3,22,23,26,28). The van der Waals surface area contributed by atoms with Gasteiger partial charge in [0.1, 0.15) is 17.0 Å². The van der Waals surface area contributed by atoms with E-state index in [1.54, 1.807) is 36.1 Å². The van der Waals surface area contributed by atoms with Gasteiger partial charge in [-0.2, -0.15) is 5.10 Å². The summed E-state index contributed by atoms with van der Waals surface area (Å²) in [5, 5.41) is 6.41. The molecule has 0 aliphatic heterocycles. The molecule has 30 heavy (non-hydrogen) atoms. The summed E-state index contributed by atoms with van der Waals surface area (Å²) in [6.07, 6.45) is 0.296. The highest BCUT2D eigenvalue weighted by Gasteiger charge is 2.25. The van der Waals surface area contributed by atoms with Crippen molar-refractivity contribution in [3.63, 3.8) is 0 Å². The molecule has 3 rings (SSSR count). The van der Waals surface area contributed by atoms with Crippen LogP contribution in [-0.4, -0.2) is 40.9 Å². The van der Waals surface area contributed by atoms with Crippen LogP contribution in [0.15, 0.2) is 60.8 Å². The number of rotatable bonds is 6. The average molecular weight is 408 g/mol. The summed E-state index contributed by atoms with van der Waals surface area (Å²) in [6.45, 7) is 1.34. The molecule has 0 bridgehead atoms. The Morgan fingerprint density at radius 2 is 1.73 bits per heavy atom. The van der Waals surface area contributed by atoms with Crippen molar-refractivity contribution in [1.29, 1.82) is 0 Å². The minimum absolute atomic E-state index is 0.155. The molecule has 0 aliphatic carbocycles. The van der Waals surface area contributed by atoms with Crippen LogP contribution in [0.5, 0.6) is 5.75 Å². The molecule has 0 saturated carbocycles. The van der Waals surface area contributed by atoms with E-state index in [0.717, 1.165) is 5.69 Å². The number of imide groups is 1. The number of hydrogen-bond donors (Lipinski definition) is 2. The number of esters is 1. The Morgan fingerprint density at radius 1 is 1.07 bits per heavy atom. The molecule has 154 valence electrons. The van der Waals surface area contributed by atoms with Gasteiger partial charge >= 0.3 is 12.0 Å². The van der Waals surface area contributed by atoms with E-state index >= 15 is 0 Å². The number of nitrogens with one attached hydrogen (secondary N) is 1. The van der Waals surface area contributed by atoms with E-state index in [2.05, 4.69) is 5.10 Å². The lowest BCUT2D eigenvalue weighted by atomic mass is 10.1. The molecule has 0 saturated heterocycles. The van der Waals surface area contributed by atoms with Crippen molar-refractivity contribution in [2.24, 2.45) is 5.73 Å². The Morgan fingerprint density at radius 3 is 2.33 bits per heavy atom. The Hall–Kier alpha value is -4.14. The molecule has 3 N–H and O–H groups in total. The smallest absolute Gasteiger partial charge is 0.342 e. The zero-order chi connectivity index (χ0) is 21.7. The minimum atomic E-state index is -1.23. The molecule has 0 fully saturated rings. The van der Waals surface area contributed by atoms with Crippen LogP contribution in [-0.2, 0) is 9.53 Å². The van der Waals surface area contributed by atoms with E-state index in [4.69, 9.17) is 15.2 Å². The summed E-state index contributed by atoms with van der Waals surface area (Å²) in [7, 11) is 1.56. The summed E-state index contributed by atoms with van der Waals surface area (Å²) >= 11 is 0. The number of urea groups is 1. The summed E-state index contributed by atoms with van der Waals surface area (Å²) in [4.78, 5) is 35.5. The van der Waals surface area contributed by atoms with Crippen molar-refractivity contribution in [1.82, 2.24) is 15.1 Å². The van der Waals surface area contributed by atoms with Crippen LogP contribution in [0.4, 0.5) is 4.79 Å². The van der Waals surface area contributed by atoms with Crippen LogP contribution in [0.3, 0.4) is 0 Å². The highest BCUT2D eigenvalue weighted by Crippen LogP contribution is 2.26. The SMILES string of the molecule is COc1ccc(-c2nn(-c3ccccc3)cc2C(=O)OC(C)C(=O)NC(N)=O)cc1. The fourth-order valence-corrected chi connectivity index (χ4v) is 2.70. The number of amides is 3. The van der Waals surface area contributed by atoms with E-state index in [9.17, 15) is 14.4 Å². The van der Waals surface area contributed by atoms with Crippen molar-refractivity contribution in [3.05, 3.63) is 66.4 Å². The first-order chi connectivity index (χ1) is 14.4. The number of para-hydroxylation sites is 1. The van der Waals surface area contributed by atoms with Crippen LogP contribution in [0.25, 0.3) is 16.9 Å². The van der Waals surface area contributed by atoms with Gasteiger partial charge in [0, 0.05) is 11.8 Å². The molecule has 0 aliphatic rings. The zero-order valence-corrected chi connectivity index (χ0v) is 16.4. The van der Waals surface area contributed by atoms with Crippen molar-refractivity contribution >= 4 is 17.9 Å². The number of benzene rings is 2. The monoisotopic (exact) mass is 408 g/mol. The molecule has 1 aromatic heterocycles. The van der Waals surface area contributed by atoms with Gasteiger partial charge < -0.3 is 15.2 Å². The van der Waals surface area contributed by atoms with Gasteiger partial charge in [-0.3, -0.25) is 10.1 Å². The highest BCUT2D eigenvalue weighted by atomic mass is 16.5. The van der Waals surface area contributed by atoms with Gasteiger partial charge in [-0.1, -0.05) is 18.2 Å². The van der Waals surface area contributed by atoms with Crippen molar-refractivity contribution in [2.75, 3.05) is 7.11 Å². The zero-order valence-electron chi connectivity index (χ0n) is 16.4. The van der Waals surface area contributed by atoms with Crippen molar-refractivity contribution in [3.8, 4) is 22.7 Å². The number of aromatic nitrogens is 2. The molecule has 0 radical (unpaired) electrons. The van der Waals surface area contributed by atoms with E-state index < -0.39 is 24.0 Å². The molecule has 2 aromatic carbocycles. The summed E-state index contributed by atoms with van der Waals surface area (Å²) < 4.78 is 11.9. The molecular formula is C21H20N4O5. The molecule has 1 atom stereocenters. The Bertz CT molecular complexity index is 1060. The average Bonchev–Trinajstić information content (AvgIpc) is 3.19. The van der Waals surface area contributed by atoms with E-state index in [1.807, 2.05) is 35.6 Å². The quantitative estimate of drug-likeness (QED) is 0.603. The number of carbonyl (C=O) groups is 3. The summed E-state index contributed by atoms with van der Waals surface area (Å²) in [5.41, 5.74) is 6.85. The van der Waals surface area contributed by atoms with Gasteiger partial charge in [0.15, 0.2) is 6.10 Å². The lowest BCUT2D eigenvalue weighted by molar-refractivity contribution is -0.127. The van der Waals surface area contributed by atoms with Crippen molar-refractivity contribution < 1.29 is 23.9 Å². The molecule has 3 aromatic rings. The fourth-order valence-electron chi connectivity index (χ4n) is 2.70. The maximum Gasteiger partial charge on any atom is 0.342 e. The minimum Gasteiger partial charge on any atom is -0.497 e. The van der Waals surface area contributed by atoms with E-state index in [0.29, 0.717) is 17.0 Å². The topological polar surface area (TPSA) is 126 Å². The predicted molar refractivity (Wildman–Crippen MR) is 108 cm³/mol. The van der Waals surface area contributed by atoms with Gasteiger partial charge in [0.05, 0.1) is 12.8 Å². The van der Waals surface area contributed by atoms with Gasteiger partial charge in [0.25, 0.3) is 5.91 Å². The van der Waals surface area contributed by atoms with Crippen molar-refractivity contribution in [2.45, 2.75) is 13.0 Å². The number of primary amides is 1. The fraction of sp³-hybridized carbons (Fsp3) is 0.143. The third-order valence-electron chi connectivity index (χ3n) is 4.22. The number of carbonyl (C=O) groups excluding carboxylic acids is 3. The van der Waals surface area contributed by atoms with Crippen LogP contribution in [0, 0.1) is 0 Å². The maximum atomic E-state index is 12.8. The highest BCUT2D eigenvalue weighted by molar-refractivity contribution is 6.00. The molecule has 9 heteroatoms. The van der Waals surface area contributed by atoms with Gasteiger partial charge in [-0.25, -0.2) is 14.3 Å². The molecule has 3 amide bonds. The molecule has 0 spiro atoms. The third kappa shape index (κ3) is 4.64. The molecule has 1 unspecified atom stereocenters. The first-order valence-corrected chi connectivity index (χ1v) is 9.00. The third-order valence-corrected chi connectivity index (χ3v) is 4.22. The summed E-state index contributed by atoms with van der Waals surface area (Å²) in [6, 6.07) is 15.2. The second-order valence-corrected chi connectivity index (χ2v) is 6.30. The van der Waals surface area contributed by atoms with E-state index in [1.165, 1.54) is 13.1 Å². The van der Waals surface area contributed by atoms with Crippen LogP contribution >= 0.6 is 0 Å². The first kappa shape index (κ1) is 20.6. The number of ether oxygens (including phenoxy) is 2. The molecule has 9 nitrogen and oxygen atoms in total. The van der Waals surface area contributed by atoms with E-state index in [-0.39, 0.29) is 5.56 Å². The largest absolute Gasteiger partial charge is 0.497 e. The van der Waals surface area contributed by atoms with Gasteiger partial charge in [0.2, 0.25) is 0 Å². The normalized spacial score (nSPS) is 11.4. The van der Waals surface area contributed by atoms with Crippen LogP contribution < -0.4 is 15.8 Å².